The van der Waals surface area contributed by atoms with Crippen molar-refractivity contribution in [1.82, 2.24) is 4.90 Å². The second kappa shape index (κ2) is 5.83. The number of rotatable bonds is 7. The molecule has 0 amide bonds. The zero-order chi connectivity index (χ0) is 11.3. The van der Waals surface area contributed by atoms with Gasteiger partial charge in [-0.2, -0.15) is 0 Å². The Labute approximate surface area is 94.0 Å². The summed E-state index contributed by atoms with van der Waals surface area (Å²) in [5, 5.41) is 0. The van der Waals surface area contributed by atoms with Crippen molar-refractivity contribution in [2.75, 3.05) is 33.3 Å². The molecular formula is C12H26N2O. The average molecular weight is 214 g/mol. The van der Waals surface area contributed by atoms with Gasteiger partial charge in [-0.05, 0) is 45.7 Å². The van der Waals surface area contributed by atoms with Crippen LogP contribution in [0.2, 0.25) is 0 Å². The second-order valence-electron chi connectivity index (χ2n) is 5.22. The molecule has 1 fully saturated rings. The molecule has 3 heteroatoms. The molecule has 0 spiro atoms. The van der Waals surface area contributed by atoms with Gasteiger partial charge < -0.3 is 15.4 Å². The Hall–Kier alpha value is -0.120. The zero-order valence-electron chi connectivity index (χ0n) is 10.5. The SMILES string of the molecule is CC(C)OCCN(C)CC1(CN)CCC1. The summed E-state index contributed by atoms with van der Waals surface area (Å²) in [6.07, 6.45) is 4.30. The van der Waals surface area contributed by atoms with Gasteiger partial charge in [-0.3, -0.25) is 0 Å². The fraction of sp³-hybridized carbons (Fsp3) is 1.00. The van der Waals surface area contributed by atoms with Crippen LogP contribution in [0.1, 0.15) is 33.1 Å². The maximum atomic E-state index is 5.84. The lowest BCUT2D eigenvalue weighted by Gasteiger charge is -2.43. The predicted octanol–water partition coefficient (Wildman–Crippen LogP) is 1.47. The van der Waals surface area contributed by atoms with E-state index in [1.54, 1.807) is 0 Å². The van der Waals surface area contributed by atoms with E-state index in [1.165, 1.54) is 19.3 Å². The molecule has 0 unspecified atom stereocenters. The average Bonchev–Trinajstić information content (AvgIpc) is 2.11. The highest BCUT2D eigenvalue weighted by Crippen LogP contribution is 2.40. The molecule has 0 heterocycles. The minimum Gasteiger partial charge on any atom is -0.377 e. The van der Waals surface area contributed by atoms with Gasteiger partial charge in [-0.1, -0.05) is 6.42 Å². The highest BCUT2D eigenvalue weighted by Gasteiger charge is 2.36. The van der Waals surface area contributed by atoms with Crippen LogP contribution in [0.5, 0.6) is 0 Å². The highest BCUT2D eigenvalue weighted by molar-refractivity contribution is 4.90. The van der Waals surface area contributed by atoms with Crippen molar-refractivity contribution in [2.24, 2.45) is 11.1 Å². The van der Waals surface area contributed by atoms with Gasteiger partial charge in [0.05, 0.1) is 12.7 Å². The zero-order valence-corrected chi connectivity index (χ0v) is 10.5. The van der Waals surface area contributed by atoms with E-state index in [9.17, 15) is 0 Å². The normalized spacial score (nSPS) is 19.6. The van der Waals surface area contributed by atoms with E-state index >= 15 is 0 Å². The predicted molar refractivity (Wildman–Crippen MR) is 63.9 cm³/mol. The maximum Gasteiger partial charge on any atom is 0.0596 e. The molecule has 0 aromatic carbocycles. The third-order valence-corrected chi connectivity index (χ3v) is 3.38. The molecule has 15 heavy (non-hydrogen) atoms. The molecule has 0 aliphatic heterocycles. The van der Waals surface area contributed by atoms with E-state index in [0.29, 0.717) is 11.5 Å². The highest BCUT2D eigenvalue weighted by atomic mass is 16.5. The summed E-state index contributed by atoms with van der Waals surface area (Å²) in [6.45, 7) is 7.96. The molecule has 2 N–H and O–H groups in total. The molecule has 1 saturated carbocycles. The van der Waals surface area contributed by atoms with Crippen molar-refractivity contribution in [1.29, 1.82) is 0 Å². The van der Waals surface area contributed by atoms with Crippen LogP contribution >= 0.6 is 0 Å². The summed E-state index contributed by atoms with van der Waals surface area (Å²) in [4.78, 5) is 2.36. The van der Waals surface area contributed by atoms with Crippen LogP contribution in [0.4, 0.5) is 0 Å². The van der Waals surface area contributed by atoms with E-state index in [2.05, 4.69) is 25.8 Å². The third-order valence-electron chi connectivity index (χ3n) is 3.38. The standard InChI is InChI=1S/C12H26N2O/c1-11(2)15-8-7-14(3)10-12(9-13)5-4-6-12/h11H,4-10,13H2,1-3H3. The van der Waals surface area contributed by atoms with Gasteiger partial charge in [0.1, 0.15) is 0 Å². The van der Waals surface area contributed by atoms with Crippen molar-refractivity contribution in [3.05, 3.63) is 0 Å². The lowest BCUT2D eigenvalue weighted by molar-refractivity contribution is 0.0394. The summed E-state index contributed by atoms with van der Waals surface area (Å²) >= 11 is 0. The molecule has 0 aromatic rings. The Morgan fingerprint density at radius 1 is 1.40 bits per heavy atom. The first-order chi connectivity index (χ1) is 7.08. The van der Waals surface area contributed by atoms with Crippen LogP contribution in [-0.2, 0) is 4.74 Å². The Bertz CT molecular complexity index is 173. The maximum absolute atomic E-state index is 5.84. The molecule has 0 radical (unpaired) electrons. The Kier molecular flexibility index (Phi) is 5.03. The van der Waals surface area contributed by atoms with Crippen LogP contribution in [-0.4, -0.2) is 44.3 Å². The molecule has 0 atom stereocenters. The first-order valence-corrected chi connectivity index (χ1v) is 6.08. The number of ether oxygens (including phenoxy) is 1. The summed E-state index contributed by atoms with van der Waals surface area (Å²) in [5.74, 6) is 0. The van der Waals surface area contributed by atoms with E-state index in [1.807, 2.05) is 0 Å². The van der Waals surface area contributed by atoms with Gasteiger partial charge in [0.25, 0.3) is 0 Å². The summed E-state index contributed by atoms with van der Waals surface area (Å²) < 4.78 is 5.54. The quantitative estimate of drug-likeness (QED) is 0.697. The Balaban J connectivity index is 2.14. The number of nitrogens with two attached hydrogens (primary N) is 1. The number of hydrogen-bond acceptors (Lipinski definition) is 3. The van der Waals surface area contributed by atoms with Crippen molar-refractivity contribution >= 4 is 0 Å². The van der Waals surface area contributed by atoms with Crippen molar-refractivity contribution < 1.29 is 4.74 Å². The van der Waals surface area contributed by atoms with Crippen LogP contribution in [0.15, 0.2) is 0 Å². The first kappa shape index (κ1) is 12.9. The van der Waals surface area contributed by atoms with Gasteiger partial charge in [-0.25, -0.2) is 0 Å². The number of nitrogens with zero attached hydrogens (tertiary/aromatic N) is 1. The molecule has 90 valence electrons. The molecular weight excluding hydrogens is 188 g/mol. The minimum absolute atomic E-state index is 0.338. The van der Waals surface area contributed by atoms with Crippen molar-refractivity contribution in [3.63, 3.8) is 0 Å². The van der Waals surface area contributed by atoms with E-state index < -0.39 is 0 Å². The smallest absolute Gasteiger partial charge is 0.0596 e. The molecule has 1 rings (SSSR count). The lowest BCUT2D eigenvalue weighted by atomic mass is 9.68. The monoisotopic (exact) mass is 214 g/mol. The molecule has 3 nitrogen and oxygen atoms in total. The molecule has 0 saturated heterocycles. The first-order valence-electron chi connectivity index (χ1n) is 6.08. The van der Waals surface area contributed by atoms with E-state index in [4.69, 9.17) is 10.5 Å². The Morgan fingerprint density at radius 2 is 2.07 bits per heavy atom. The Morgan fingerprint density at radius 3 is 2.47 bits per heavy atom. The second-order valence-corrected chi connectivity index (χ2v) is 5.22. The van der Waals surface area contributed by atoms with Crippen molar-refractivity contribution in [3.8, 4) is 0 Å². The van der Waals surface area contributed by atoms with E-state index in [0.717, 1.165) is 26.2 Å². The van der Waals surface area contributed by atoms with E-state index in [-0.39, 0.29) is 0 Å². The number of likely N-dealkylation sites (N-methyl/N-ethyl adjacent to an activating group) is 1. The van der Waals surface area contributed by atoms with Crippen molar-refractivity contribution in [2.45, 2.75) is 39.2 Å². The van der Waals surface area contributed by atoms with Gasteiger partial charge in [0.2, 0.25) is 0 Å². The minimum atomic E-state index is 0.338. The van der Waals surface area contributed by atoms with Crippen LogP contribution in [0, 0.1) is 5.41 Å². The topological polar surface area (TPSA) is 38.5 Å². The van der Waals surface area contributed by atoms with Gasteiger partial charge in [-0.15, -0.1) is 0 Å². The molecule has 0 aromatic heterocycles. The summed E-state index contributed by atoms with van der Waals surface area (Å²) in [5.41, 5.74) is 6.26. The fourth-order valence-electron chi connectivity index (χ4n) is 2.20. The third kappa shape index (κ3) is 4.09. The molecule has 0 bridgehead atoms. The van der Waals surface area contributed by atoms with Gasteiger partial charge in [0, 0.05) is 13.1 Å². The largest absolute Gasteiger partial charge is 0.377 e. The van der Waals surface area contributed by atoms with Gasteiger partial charge in [0.15, 0.2) is 0 Å². The van der Waals surface area contributed by atoms with Crippen LogP contribution < -0.4 is 5.73 Å². The molecule has 1 aliphatic rings. The molecule has 1 aliphatic carbocycles. The van der Waals surface area contributed by atoms with Gasteiger partial charge >= 0.3 is 0 Å². The number of hydrogen-bond donors (Lipinski definition) is 1. The lowest BCUT2D eigenvalue weighted by Crippen LogP contribution is -2.46. The summed E-state index contributed by atoms with van der Waals surface area (Å²) in [6, 6.07) is 0. The summed E-state index contributed by atoms with van der Waals surface area (Å²) in [7, 11) is 2.17. The fourth-order valence-corrected chi connectivity index (χ4v) is 2.20. The van der Waals surface area contributed by atoms with Crippen LogP contribution in [0.25, 0.3) is 0 Å². The van der Waals surface area contributed by atoms with Crippen LogP contribution in [0.3, 0.4) is 0 Å².